The standard InChI is InChI=1S/C17H20N2O4/c20-15-2-1-9-18(15)10-12-3-5-13(6-4-12)17(23)19(11-16(21)22)14-7-8-14/h3-6,14H,1-2,7-11H2,(H,21,22). The second kappa shape index (κ2) is 6.40. The van der Waals surface area contributed by atoms with Gasteiger partial charge in [0.15, 0.2) is 0 Å². The predicted octanol–water partition coefficient (Wildman–Crippen LogP) is 1.50. The Hall–Kier alpha value is -2.37. The number of aliphatic carboxylic acids is 1. The molecule has 0 spiro atoms. The number of hydrogen-bond donors (Lipinski definition) is 1. The van der Waals surface area contributed by atoms with Crippen LogP contribution in [-0.4, -0.2) is 51.8 Å². The first-order valence-electron chi connectivity index (χ1n) is 7.94. The number of nitrogens with zero attached hydrogens (tertiary/aromatic N) is 2. The lowest BCUT2D eigenvalue weighted by molar-refractivity contribution is -0.137. The van der Waals surface area contributed by atoms with E-state index in [2.05, 4.69) is 0 Å². The van der Waals surface area contributed by atoms with E-state index in [1.54, 1.807) is 12.1 Å². The SMILES string of the molecule is O=C(O)CN(C(=O)c1ccc(CN2CCCC2=O)cc1)C1CC1. The fraction of sp³-hybridized carbons (Fsp3) is 0.471. The molecule has 0 bridgehead atoms. The Balaban J connectivity index is 1.67. The number of hydrogen-bond acceptors (Lipinski definition) is 3. The first-order chi connectivity index (χ1) is 11.0. The molecule has 1 N–H and O–H groups in total. The summed E-state index contributed by atoms with van der Waals surface area (Å²) in [5.41, 5.74) is 1.47. The summed E-state index contributed by atoms with van der Waals surface area (Å²) in [4.78, 5) is 38.3. The van der Waals surface area contributed by atoms with Crippen molar-refractivity contribution in [2.75, 3.05) is 13.1 Å². The van der Waals surface area contributed by atoms with Crippen LogP contribution in [0.25, 0.3) is 0 Å². The minimum absolute atomic E-state index is 0.0560. The van der Waals surface area contributed by atoms with Gasteiger partial charge in [0.05, 0.1) is 0 Å². The molecule has 122 valence electrons. The van der Waals surface area contributed by atoms with Gasteiger partial charge in [0.25, 0.3) is 5.91 Å². The number of carbonyl (C=O) groups excluding carboxylic acids is 2. The fourth-order valence-corrected chi connectivity index (χ4v) is 2.91. The highest BCUT2D eigenvalue weighted by molar-refractivity contribution is 5.96. The molecule has 3 rings (SSSR count). The molecule has 1 saturated heterocycles. The van der Waals surface area contributed by atoms with Gasteiger partial charge in [0.2, 0.25) is 5.91 Å². The van der Waals surface area contributed by atoms with Gasteiger partial charge >= 0.3 is 5.97 Å². The summed E-state index contributed by atoms with van der Waals surface area (Å²) >= 11 is 0. The van der Waals surface area contributed by atoms with Gasteiger partial charge in [-0.15, -0.1) is 0 Å². The molecule has 0 atom stereocenters. The average molecular weight is 316 g/mol. The van der Waals surface area contributed by atoms with Crippen LogP contribution in [-0.2, 0) is 16.1 Å². The molecule has 1 saturated carbocycles. The maximum Gasteiger partial charge on any atom is 0.323 e. The normalized spacial score (nSPS) is 17.4. The van der Waals surface area contributed by atoms with Crippen LogP contribution in [0.3, 0.4) is 0 Å². The van der Waals surface area contributed by atoms with Crippen LogP contribution in [0.5, 0.6) is 0 Å². The van der Waals surface area contributed by atoms with Gasteiger partial charge in [-0.1, -0.05) is 12.1 Å². The van der Waals surface area contributed by atoms with E-state index in [-0.39, 0.29) is 24.4 Å². The number of likely N-dealkylation sites (tertiary alicyclic amines) is 1. The summed E-state index contributed by atoms with van der Waals surface area (Å²) in [6.07, 6.45) is 3.26. The van der Waals surface area contributed by atoms with E-state index >= 15 is 0 Å². The Morgan fingerprint density at radius 3 is 2.43 bits per heavy atom. The van der Waals surface area contributed by atoms with E-state index in [0.717, 1.165) is 31.4 Å². The zero-order chi connectivity index (χ0) is 16.4. The van der Waals surface area contributed by atoms with Gasteiger partial charge in [0.1, 0.15) is 6.54 Å². The van der Waals surface area contributed by atoms with E-state index in [4.69, 9.17) is 5.11 Å². The lowest BCUT2D eigenvalue weighted by atomic mass is 10.1. The topological polar surface area (TPSA) is 77.9 Å². The smallest absolute Gasteiger partial charge is 0.323 e. The molecular formula is C17H20N2O4. The van der Waals surface area contributed by atoms with Crippen molar-refractivity contribution >= 4 is 17.8 Å². The molecule has 2 amide bonds. The van der Waals surface area contributed by atoms with Crippen LogP contribution in [0, 0.1) is 0 Å². The molecular weight excluding hydrogens is 296 g/mol. The first-order valence-corrected chi connectivity index (χ1v) is 7.94. The number of carboxylic acid groups (broad SMARTS) is 1. The molecule has 23 heavy (non-hydrogen) atoms. The third-order valence-corrected chi connectivity index (χ3v) is 4.30. The third kappa shape index (κ3) is 3.70. The third-order valence-electron chi connectivity index (χ3n) is 4.30. The monoisotopic (exact) mass is 316 g/mol. The van der Waals surface area contributed by atoms with Gasteiger partial charge in [-0.2, -0.15) is 0 Å². The van der Waals surface area contributed by atoms with Crippen molar-refractivity contribution in [3.05, 3.63) is 35.4 Å². The summed E-state index contributed by atoms with van der Waals surface area (Å²) < 4.78 is 0. The molecule has 2 aliphatic rings. The predicted molar refractivity (Wildman–Crippen MR) is 82.8 cm³/mol. The quantitative estimate of drug-likeness (QED) is 0.862. The number of carboxylic acids is 1. The largest absolute Gasteiger partial charge is 0.480 e. The Morgan fingerprint density at radius 2 is 1.91 bits per heavy atom. The molecule has 6 nitrogen and oxygen atoms in total. The van der Waals surface area contributed by atoms with Crippen molar-refractivity contribution in [1.29, 1.82) is 0 Å². The molecule has 0 radical (unpaired) electrons. The second-order valence-corrected chi connectivity index (χ2v) is 6.17. The molecule has 6 heteroatoms. The summed E-state index contributed by atoms with van der Waals surface area (Å²) in [7, 11) is 0. The Kier molecular flexibility index (Phi) is 4.32. The molecule has 0 unspecified atom stereocenters. The second-order valence-electron chi connectivity index (χ2n) is 6.17. The number of benzene rings is 1. The lowest BCUT2D eigenvalue weighted by Crippen LogP contribution is -2.37. The zero-order valence-electron chi connectivity index (χ0n) is 12.9. The maximum atomic E-state index is 12.5. The van der Waals surface area contributed by atoms with Crippen molar-refractivity contribution in [2.45, 2.75) is 38.3 Å². The van der Waals surface area contributed by atoms with Crippen molar-refractivity contribution in [1.82, 2.24) is 9.80 Å². The van der Waals surface area contributed by atoms with Crippen molar-refractivity contribution < 1.29 is 19.5 Å². The zero-order valence-corrected chi connectivity index (χ0v) is 12.9. The highest BCUT2D eigenvalue weighted by atomic mass is 16.4. The average Bonchev–Trinajstić information content (AvgIpc) is 3.29. The number of carbonyl (C=O) groups is 3. The summed E-state index contributed by atoms with van der Waals surface area (Å²) in [5.74, 6) is -1.06. The molecule has 1 aliphatic heterocycles. The van der Waals surface area contributed by atoms with Crippen LogP contribution in [0.1, 0.15) is 41.6 Å². The van der Waals surface area contributed by atoms with Crippen LogP contribution in [0.4, 0.5) is 0 Å². The van der Waals surface area contributed by atoms with E-state index in [9.17, 15) is 14.4 Å². The van der Waals surface area contributed by atoms with Gasteiger partial charge in [-0.3, -0.25) is 14.4 Å². The van der Waals surface area contributed by atoms with Crippen molar-refractivity contribution in [3.8, 4) is 0 Å². The summed E-state index contributed by atoms with van der Waals surface area (Å²) in [6, 6.07) is 7.17. The maximum absolute atomic E-state index is 12.5. The van der Waals surface area contributed by atoms with E-state index in [1.165, 1.54) is 4.90 Å². The minimum Gasteiger partial charge on any atom is -0.480 e. The number of rotatable bonds is 6. The van der Waals surface area contributed by atoms with Crippen LogP contribution in [0.15, 0.2) is 24.3 Å². The Labute approximate surface area is 134 Å². The van der Waals surface area contributed by atoms with Crippen LogP contribution in [0.2, 0.25) is 0 Å². The van der Waals surface area contributed by atoms with E-state index in [1.807, 2.05) is 17.0 Å². The van der Waals surface area contributed by atoms with Gasteiger partial charge in [-0.25, -0.2) is 0 Å². The molecule has 1 aromatic carbocycles. The minimum atomic E-state index is -0.991. The van der Waals surface area contributed by atoms with Crippen molar-refractivity contribution in [2.24, 2.45) is 0 Å². The molecule has 0 aromatic heterocycles. The van der Waals surface area contributed by atoms with Gasteiger partial charge in [-0.05, 0) is 37.0 Å². The Bertz CT molecular complexity index is 622. The summed E-state index contributed by atoms with van der Waals surface area (Å²) in [6.45, 7) is 1.09. The van der Waals surface area contributed by atoms with E-state index in [0.29, 0.717) is 18.5 Å². The molecule has 2 fully saturated rings. The number of amides is 2. The van der Waals surface area contributed by atoms with Crippen molar-refractivity contribution in [3.63, 3.8) is 0 Å². The highest BCUT2D eigenvalue weighted by Crippen LogP contribution is 2.28. The first kappa shape index (κ1) is 15.5. The van der Waals surface area contributed by atoms with Gasteiger partial charge in [0, 0.05) is 31.1 Å². The molecule has 1 aromatic rings. The van der Waals surface area contributed by atoms with Gasteiger partial charge < -0.3 is 14.9 Å². The molecule has 1 aliphatic carbocycles. The Morgan fingerprint density at radius 1 is 1.22 bits per heavy atom. The molecule has 1 heterocycles. The highest BCUT2D eigenvalue weighted by Gasteiger charge is 2.34. The van der Waals surface area contributed by atoms with Crippen LogP contribution < -0.4 is 0 Å². The fourth-order valence-electron chi connectivity index (χ4n) is 2.91. The van der Waals surface area contributed by atoms with Crippen LogP contribution >= 0.6 is 0 Å². The lowest BCUT2D eigenvalue weighted by Gasteiger charge is -2.20. The summed E-state index contributed by atoms with van der Waals surface area (Å²) in [5, 5.41) is 8.95. The van der Waals surface area contributed by atoms with E-state index < -0.39 is 5.97 Å².